The maximum atomic E-state index is 13.7. The molecule has 8 heteroatoms. The monoisotopic (exact) mass is 635 g/mol. The Morgan fingerprint density at radius 2 is 1.47 bits per heavy atom. The molecule has 2 aliphatic carbocycles. The number of ether oxygens (including phenoxy) is 2. The molecule has 0 fully saturated rings. The maximum absolute atomic E-state index is 13.7. The van der Waals surface area contributed by atoms with Gasteiger partial charge in [-0.1, -0.05) is 71.2 Å². The van der Waals surface area contributed by atoms with Crippen molar-refractivity contribution in [2.75, 3.05) is 6.61 Å². The highest BCUT2D eigenvalue weighted by Gasteiger charge is 2.43. The summed E-state index contributed by atoms with van der Waals surface area (Å²) in [5, 5.41) is 1.37. The van der Waals surface area contributed by atoms with E-state index in [4.69, 9.17) is 44.3 Å². The van der Waals surface area contributed by atoms with Crippen molar-refractivity contribution in [2.45, 2.75) is 64.5 Å². The molecule has 0 amide bonds. The van der Waals surface area contributed by atoms with Crippen molar-refractivity contribution in [3.05, 3.63) is 115 Å². The Labute approximate surface area is 267 Å². The van der Waals surface area contributed by atoms with E-state index in [0.717, 1.165) is 53.8 Å². The third-order valence-corrected chi connectivity index (χ3v) is 9.19. The predicted molar refractivity (Wildman–Crippen MR) is 170 cm³/mol. The Morgan fingerprint density at radius 3 is 2.09 bits per heavy atom. The van der Waals surface area contributed by atoms with Crippen LogP contribution < -0.4 is 9.47 Å². The van der Waals surface area contributed by atoms with E-state index in [2.05, 4.69) is 17.0 Å². The smallest absolute Gasteiger partial charge is 0.180 e. The van der Waals surface area contributed by atoms with Gasteiger partial charge in [-0.3, -0.25) is 9.59 Å². The van der Waals surface area contributed by atoms with Crippen LogP contribution in [0.5, 0.6) is 11.5 Å². The maximum Gasteiger partial charge on any atom is 0.180 e. The molecular weight excluding hydrogens is 605 g/mol. The van der Waals surface area contributed by atoms with Crippen LogP contribution in [-0.4, -0.2) is 23.1 Å². The summed E-state index contributed by atoms with van der Waals surface area (Å²) in [4.78, 5) is 29.7. The van der Waals surface area contributed by atoms with E-state index in [1.54, 1.807) is 12.1 Å². The molecule has 43 heavy (non-hydrogen) atoms. The number of hydrogen-bond donors (Lipinski definition) is 0. The number of hydrogen-bond acceptors (Lipinski definition) is 5. The molecular formula is C35H32Cl3NO4. The van der Waals surface area contributed by atoms with Gasteiger partial charge in [0.05, 0.1) is 11.6 Å². The minimum atomic E-state index is -0.505. The Bertz CT molecular complexity index is 1600. The van der Waals surface area contributed by atoms with Crippen molar-refractivity contribution in [3.8, 4) is 11.5 Å². The van der Waals surface area contributed by atoms with Crippen LogP contribution in [0.1, 0.15) is 68.1 Å². The fraction of sp³-hybridized carbons (Fsp3) is 0.314. The molecule has 222 valence electrons. The highest BCUT2D eigenvalue weighted by atomic mass is 35.5. The SMILES string of the molecule is CCOc1cc(C2C3=C(CCCC3=O)N(Cc3ccccc3)C3=C2C(=O)CCC3)cc(Cl)c1OCc1ccc(Cl)cc1Cl. The van der Waals surface area contributed by atoms with Crippen molar-refractivity contribution < 1.29 is 19.1 Å². The molecule has 0 saturated carbocycles. The summed E-state index contributed by atoms with van der Waals surface area (Å²) in [5.74, 6) is 0.502. The normalized spacial score (nSPS) is 17.3. The average Bonchev–Trinajstić information content (AvgIpc) is 2.99. The fourth-order valence-corrected chi connectivity index (χ4v) is 7.19. The molecule has 0 spiro atoms. The minimum Gasteiger partial charge on any atom is -0.490 e. The zero-order chi connectivity index (χ0) is 30.1. The first kappa shape index (κ1) is 29.8. The van der Waals surface area contributed by atoms with Gasteiger partial charge in [-0.05, 0) is 68.0 Å². The van der Waals surface area contributed by atoms with Crippen molar-refractivity contribution in [1.29, 1.82) is 0 Å². The van der Waals surface area contributed by atoms with Crippen LogP contribution in [0.4, 0.5) is 0 Å². The highest BCUT2D eigenvalue weighted by Crippen LogP contribution is 2.51. The van der Waals surface area contributed by atoms with E-state index in [1.807, 2.05) is 43.3 Å². The van der Waals surface area contributed by atoms with E-state index in [1.165, 1.54) is 0 Å². The second kappa shape index (κ2) is 12.8. The molecule has 0 bridgehead atoms. The molecule has 0 unspecified atom stereocenters. The Morgan fingerprint density at radius 1 is 0.791 bits per heavy atom. The van der Waals surface area contributed by atoms with Gasteiger partial charge < -0.3 is 14.4 Å². The van der Waals surface area contributed by atoms with E-state index in [9.17, 15) is 9.59 Å². The second-order valence-corrected chi connectivity index (χ2v) is 12.3. The summed E-state index contributed by atoms with van der Waals surface area (Å²) in [6, 6.07) is 19.1. The Hall–Kier alpha value is -3.25. The lowest BCUT2D eigenvalue weighted by Crippen LogP contribution is -2.38. The van der Waals surface area contributed by atoms with Gasteiger partial charge in [0, 0.05) is 63.5 Å². The lowest BCUT2D eigenvalue weighted by atomic mass is 9.71. The third-order valence-electron chi connectivity index (χ3n) is 8.32. The molecule has 6 rings (SSSR count). The molecule has 5 nitrogen and oxygen atoms in total. The van der Waals surface area contributed by atoms with E-state index in [-0.39, 0.29) is 18.2 Å². The standard InChI is InChI=1S/C35H32Cl3NO4/c1-2-42-31-17-23(16-26(38)35(31)43-20-22-14-15-24(36)18-25(22)37)32-33-27(10-6-12-29(33)40)39(19-21-8-4-3-5-9-21)28-11-7-13-30(41)34(28)32/h3-5,8-9,14-18,32H,2,6-7,10-13,19-20H2,1H3. The average molecular weight is 637 g/mol. The van der Waals surface area contributed by atoms with Crippen molar-refractivity contribution in [2.24, 2.45) is 0 Å². The summed E-state index contributed by atoms with van der Waals surface area (Å²) in [7, 11) is 0. The summed E-state index contributed by atoms with van der Waals surface area (Å²) in [5.41, 5.74) is 6.10. The van der Waals surface area contributed by atoms with Crippen LogP contribution in [0, 0.1) is 0 Å². The van der Waals surface area contributed by atoms with Crippen LogP contribution in [0.15, 0.2) is 83.2 Å². The first-order chi connectivity index (χ1) is 20.9. The molecule has 0 atom stereocenters. The Balaban J connectivity index is 1.45. The molecule has 0 saturated heterocycles. The molecule has 0 radical (unpaired) electrons. The molecule has 1 heterocycles. The number of Topliss-reactive ketones (excluding diaryl/α,β-unsaturated/α-hetero) is 2. The van der Waals surface area contributed by atoms with Crippen molar-refractivity contribution in [3.63, 3.8) is 0 Å². The predicted octanol–water partition coefficient (Wildman–Crippen LogP) is 9.24. The van der Waals surface area contributed by atoms with Gasteiger partial charge in [0.1, 0.15) is 6.61 Å². The molecule has 0 aromatic heterocycles. The first-order valence-corrected chi connectivity index (χ1v) is 15.9. The summed E-state index contributed by atoms with van der Waals surface area (Å²) < 4.78 is 12.2. The topological polar surface area (TPSA) is 55.8 Å². The number of allylic oxidation sites excluding steroid dienone is 4. The van der Waals surface area contributed by atoms with Gasteiger partial charge in [-0.2, -0.15) is 0 Å². The van der Waals surface area contributed by atoms with Gasteiger partial charge in [0.2, 0.25) is 0 Å². The highest BCUT2D eigenvalue weighted by molar-refractivity contribution is 6.35. The van der Waals surface area contributed by atoms with Crippen LogP contribution in [0.25, 0.3) is 0 Å². The number of ketones is 2. The quantitative estimate of drug-likeness (QED) is 0.247. The largest absolute Gasteiger partial charge is 0.490 e. The number of rotatable bonds is 8. The lowest BCUT2D eigenvalue weighted by Gasteiger charge is -2.44. The Kier molecular flexibility index (Phi) is 8.85. The number of nitrogens with zero attached hydrogens (tertiary/aromatic N) is 1. The zero-order valence-electron chi connectivity index (χ0n) is 23.9. The number of halogens is 3. The number of benzene rings is 3. The molecule has 3 aliphatic rings. The van der Waals surface area contributed by atoms with Crippen molar-refractivity contribution in [1.82, 2.24) is 4.90 Å². The zero-order valence-corrected chi connectivity index (χ0v) is 26.2. The van der Waals surface area contributed by atoms with E-state index >= 15 is 0 Å². The lowest BCUT2D eigenvalue weighted by molar-refractivity contribution is -0.117. The van der Waals surface area contributed by atoms with Crippen molar-refractivity contribution >= 4 is 46.4 Å². The molecule has 3 aromatic carbocycles. The fourth-order valence-electron chi connectivity index (χ4n) is 6.45. The van der Waals surface area contributed by atoms with Gasteiger partial charge in [-0.15, -0.1) is 0 Å². The molecule has 1 aliphatic heterocycles. The number of carbonyl (C=O) groups is 2. The number of carbonyl (C=O) groups excluding carboxylic acids is 2. The third kappa shape index (κ3) is 5.95. The van der Waals surface area contributed by atoms with Crippen LogP contribution >= 0.6 is 34.8 Å². The van der Waals surface area contributed by atoms with Crippen LogP contribution in [0.3, 0.4) is 0 Å². The van der Waals surface area contributed by atoms with Gasteiger partial charge in [-0.25, -0.2) is 0 Å². The van der Waals surface area contributed by atoms with E-state index in [0.29, 0.717) is 63.7 Å². The molecule has 3 aromatic rings. The van der Waals surface area contributed by atoms with Crippen LogP contribution in [0.2, 0.25) is 15.1 Å². The van der Waals surface area contributed by atoms with Crippen LogP contribution in [-0.2, 0) is 22.7 Å². The van der Waals surface area contributed by atoms with Gasteiger partial charge in [0.15, 0.2) is 23.1 Å². The van der Waals surface area contributed by atoms with Gasteiger partial charge >= 0.3 is 0 Å². The van der Waals surface area contributed by atoms with Gasteiger partial charge in [0.25, 0.3) is 0 Å². The minimum absolute atomic E-state index is 0.0843. The second-order valence-electron chi connectivity index (χ2n) is 11.1. The summed E-state index contributed by atoms with van der Waals surface area (Å²) in [6.45, 7) is 3.05. The van der Waals surface area contributed by atoms with E-state index < -0.39 is 5.92 Å². The summed E-state index contributed by atoms with van der Waals surface area (Å²) >= 11 is 19.3. The summed E-state index contributed by atoms with van der Waals surface area (Å²) in [6.07, 6.45) is 4.06. The molecule has 0 N–H and O–H groups in total. The first-order valence-electron chi connectivity index (χ1n) is 14.7.